The smallest absolute Gasteiger partial charge is 0.223 e. The van der Waals surface area contributed by atoms with E-state index in [1.807, 2.05) is 24.3 Å². The molecule has 2 aromatic heterocycles. The number of nitrogens with zero attached hydrogens (tertiary/aromatic N) is 2. The first-order chi connectivity index (χ1) is 14.2. The molecule has 3 heterocycles. The lowest BCUT2D eigenvalue weighted by molar-refractivity contribution is -0.127. The lowest BCUT2D eigenvalue weighted by atomic mass is 9.93. The van der Waals surface area contributed by atoms with Gasteiger partial charge in [0.25, 0.3) is 0 Å². The number of furan rings is 1. The van der Waals surface area contributed by atoms with Crippen molar-refractivity contribution in [1.82, 2.24) is 15.2 Å². The van der Waals surface area contributed by atoms with Gasteiger partial charge in [-0.05, 0) is 73.5 Å². The number of hydrogen-bond acceptors (Lipinski definition) is 4. The van der Waals surface area contributed by atoms with Crippen molar-refractivity contribution in [3.8, 4) is 0 Å². The molecule has 0 saturated carbocycles. The number of carbonyl (C=O) groups excluding carboxylic acids is 1. The highest BCUT2D eigenvalue weighted by Crippen LogP contribution is 2.25. The Bertz CT molecular complexity index is 905. The van der Waals surface area contributed by atoms with Gasteiger partial charge < -0.3 is 9.73 Å². The van der Waals surface area contributed by atoms with Crippen LogP contribution >= 0.6 is 0 Å². The van der Waals surface area contributed by atoms with Crippen LogP contribution in [0.25, 0.3) is 0 Å². The molecule has 6 heteroatoms. The zero-order chi connectivity index (χ0) is 20.1. The van der Waals surface area contributed by atoms with Gasteiger partial charge >= 0.3 is 0 Å². The minimum absolute atomic E-state index is 0.0346. The third-order valence-corrected chi connectivity index (χ3v) is 5.45. The molecule has 4 rings (SSSR count). The normalized spacial score (nSPS) is 16.4. The Labute approximate surface area is 169 Å². The largest absolute Gasteiger partial charge is 0.468 e. The molecule has 1 atom stereocenters. The Morgan fingerprint density at radius 2 is 1.79 bits per heavy atom. The fourth-order valence-electron chi connectivity index (χ4n) is 3.81. The minimum atomic E-state index is -0.327. The molecule has 0 aliphatic carbocycles. The van der Waals surface area contributed by atoms with E-state index in [0.717, 1.165) is 49.4 Å². The van der Waals surface area contributed by atoms with Crippen LogP contribution < -0.4 is 5.32 Å². The standard InChI is InChI=1S/C23H24FN3O2/c24-20-5-3-17(4-6-20)22(18-7-11-25-12-8-18)26-23(28)19-9-13-27(14-10-19)16-21-2-1-15-29-21/h1-8,11-12,15,19,22H,9-10,13-14,16H2,(H,26,28)/t22-/m0/s1. The topological polar surface area (TPSA) is 58.4 Å². The molecule has 0 spiro atoms. The number of nitrogens with one attached hydrogen (secondary N) is 1. The van der Waals surface area contributed by atoms with E-state index in [-0.39, 0.29) is 23.7 Å². The first kappa shape index (κ1) is 19.3. The summed E-state index contributed by atoms with van der Waals surface area (Å²) >= 11 is 0. The molecule has 1 saturated heterocycles. The average molecular weight is 393 g/mol. The molecular formula is C23H24FN3O2. The van der Waals surface area contributed by atoms with E-state index >= 15 is 0 Å². The Morgan fingerprint density at radius 3 is 2.45 bits per heavy atom. The van der Waals surface area contributed by atoms with Crippen molar-refractivity contribution in [2.45, 2.75) is 25.4 Å². The molecule has 0 bridgehead atoms. The van der Waals surface area contributed by atoms with E-state index in [4.69, 9.17) is 4.42 Å². The maximum atomic E-state index is 13.4. The van der Waals surface area contributed by atoms with Gasteiger partial charge in [0, 0.05) is 18.3 Å². The van der Waals surface area contributed by atoms with Gasteiger partial charge in [-0.2, -0.15) is 0 Å². The molecule has 1 amide bonds. The summed E-state index contributed by atoms with van der Waals surface area (Å²) in [6.45, 7) is 2.49. The molecule has 5 nitrogen and oxygen atoms in total. The van der Waals surface area contributed by atoms with E-state index in [2.05, 4.69) is 15.2 Å². The number of rotatable bonds is 6. The molecule has 0 radical (unpaired) electrons. The molecule has 150 valence electrons. The van der Waals surface area contributed by atoms with Gasteiger partial charge in [-0.1, -0.05) is 12.1 Å². The third-order valence-electron chi connectivity index (χ3n) is 5.45. The first-order valence-electron chi connectivity index (χ1n) is 9.89. The van der Waals surface area contributed by atoms with Gasteiger partial charge in [0.15, 0.2) is 0 Å². The number of halogens is 1. The molecule has 1 aliphatic rings. The van der Waals surface area contributed by atoms with Gasteiger partial charge in [-0.15, -0.1) is 0 Å². The van der Waals surface area contributed by atoms with Gasteiger partial charge in [-0.25, -0.2) is 4.39 Å². The summed E-state index contributed by atoms with van der Waals surface area (Å²) in [7, 11) is 0. The Hall–Kier alpha value is -2.99. The van der Waals surface area contributed by atoms with Crippen molar-refractivity contribution in [2.24, 2.45) is 5.92 Å². The van der Waals surface area contributed by atoms with Crippen molar-refractivity contribution < 1.29 is 13.6 Å². The predicted molar refractivity (Wildman–Crippen MR) is 107 cm³/mol. The number of likely N-dealkylation sites (tertiary alicyclic amines) is 1. The van der Waals surface area contributed by atoms with E-state index in [0.29, 0.717) is 0 Å². The van der Waals surface area contributed by atoms with Gasteiger partial charge in [-0.3, -0.25) is 14.7 Å². The van der Waals surface area contributed by atoms with Crippen LogP contribution in [-0.2, 0) is 11.3 Å². The SMILES string of the molecule is O=C(N[C@H](c1ccncc1)c1ccc(F)cc1)C1CCN(Cc2ccco2)CC1. The monoisotopic (exact) mass is 393 g/mol. The number of carbonyl (C=O) groups is 1. The van der Waals surface area contributed by atoms with Gasteiger partial charge in [0.1, 0.15) is 11.6 Å². The number of amides is 1. The summed E-state index contributed by atoms with van der Waals surface area (Å²) < 4.78 is 18.8. The predicted octanol–water partition coefficient (Wildman–Crippen LogP) is 3.93. The fourth-order valence-corrected chi connectivity index (χ4v) is 3.81. The fraction of sp³-hybridized carbons (Fsp3) is 0.304. The molecule has 1 aliphatic heterocycles. The Morgan fingerprint density at radius 1 is 1.10 bits per heavy atom. The molecule has 29 heavy (non-hydrogen) atoms. The third kappa shape index (κ3) is 4.90. The minimum Gasteiger partial charge on any atom is -0.468 e. The van der Waals surface area contributed by atoms with Crippen molar-refractivity contribution in [1.29, 1.82) is 0 Å². The van der Waals surface area contributed by atoms with E-state index in [9.17, 15) is 9.18 Å². The second kappa shape index (κ2) is 9.01. The second-order valence-electron chi connectivity index (χ2n) is 7.40. The average Bonchev–Trinajstić information content (AvgIpc) is 3.27. The lowest BCUT2D eigenvalue weighted by Gasteiger charge is -2.31. The lowest BCUT2D eigenvalue weighted by Crippen LogP contribution is -2.41. The highest BCUT2D eigenvalue weighted by Gasteiger charge is 2.27. The number of pyridine rings is 1. The molecular weight excluding hydrogens is 369 g/mol. The molecule has 1 fully saturated rings. The van der Waals surface area contributed by atoms with Crippen LogP contribution in [0, 0.1) is 11.7 Å². The zero-order valence-electron chi connectivity index (χ0n) is 16.1. The summed E-state index contributed by atoms with van der Waals surface area (Å²) in [5.74, 6) is 0.654. The molecule has 3 aromatic rings. The van der Waals surface area contributed by atoms with E-state index in [1.54, 1.807) is 30.8 Å². The highest BCUT2D eigenvalue weighted by molar-refractivity contribution is 5.79. The summed E-state index contributed by atoms with van der Waals surface area (Å²) in [6.07, 6.45) is 6.69. The molecule has 1 N–H and O–H groups in total. The van der Waals surface area contributed by atoms with E-state index in [1.165, 1.54) is 12.1 Å². The van der Waals surface area contributed by atoms with Crippen LogP contribution in [0.15, 0.2) is 71.6 Å². The Balaban J connectivity index is 1.41. The van der Waals surface area contributed by atoms with Crippen LogP contribution in [0.4, 0.5) is 4.39 Å². The molecule has 1 aromatic carbocycles. The van der Waals surface area contributed by atoms with Gasteiger partial charge in [0.2, 0.25) is 5.91 Å². The molecule has 0 unspecified atom stereocenters. The van der Waals surface area contributed by atoms with Gasteiger partial charge in [0.05, 0.1) is 18.8 Å². The summed E-state index contributed by atoms with van der Waals surface area (Å²) in [5.41, 5.74) is 1.77. The number of benzene rings is 1. The van der Waals surface area contributed by atoms with Crippen LogP contribution in [0.5, 0.6) is 0 Å². The first-order valence-corrected chi connectivity index (χ1v) is 9.89. The van der Waals surface area contributed by atoms with Crippen molar-refractivity contribution in [3.05, 3.63) is 89.9 Å². The number of aromatic nitrogens is 1. The summed E-state index contributed by atoms with van der Waals surface area (Å²) in [4.78, 5) is 19.4. The van der Waals surface area contributed by atoms with Crippen LogP contribution in [0.2, 0.25) is 0 Å². The quantitative estimate of drug-likeness (QED) is 0.689. The summed E-state index contributed by atoms with van der Waals surface area (Å²) in [5, 5.41) is 3.17. The van der Waals surface area contributed by atoms with Crippen molar-refractivity contribution in [2.75, 3.05) is 13.1 Å². The van der Waals surface area contributed by atoms with Crippen LogP contribution in [0.3, 0.4) is 0 Å². The van der Waals surface area contributed by atoms with Crippen LogP contribution in [0.1, 0.15) is 35.8 Å². The van der Waals surface area contributed by atoms with Crippen molar-refractivity contribution in [3.63, 3.8) is 0 Å². The maximum absolute atomic E-state index is 13.4. The van der Waals surface area contributed by atoms with E-state index < -0.39 is 0 Å². The van der Waals surface area contributed by atoms with Crippen LogP contribution in [-0.4, -0.2) is 28.9 Å². The number of piperidine rings is 1. The second-order valence-corrected chi connectivity index (χ2v) is 7.40. The van der Waals surface area contributed by atoms with Crippen molar-refractivity contribution >= 4 is 5.91 Å². The summed E-state index contributed by atoms with van der Waals surface area (Å²) in [6, 6.07) is 13.6. The maximum Gasteiger partial charge on any atom is 0.223 e. The zero-order valence-corrected chi connectivity index (χ0v) is 16.1. The highest BCUT2D eigenvalue weighted by atomic mass is 19.1. The Kier molecular flexibility index (Phi) is 6.00. The number of hydrogen-bond donors (Lipinski definition) is 1.